The number of hydrogen-bond acceptors (Lipinski definition) is 2. The summed E-state index contributed by atoms with van der Waals surface area (Å²) in [6.45, 7) is 3.21. The van der Waals surface area contributed by atoms with Crippen molar-refractivity contribution in [3.8, 4) is 0 Å². The molecular weight excluding hydrogens is 345 g/mol. The zero-order valence-corrected chi connectivity index (χ0v) is 13.9. The van der Waals surface area contributed by atoms with E-state index in [2.05, 4.69) is 22.9 Å². The minimum Gasteiger partial charge on any atom is -0.207 e. The van der Waals surface area contributed by atoms with Crippen LogP contribution in [0.3, 0.4) is 0 Å². The molecule has 3 nitrogen and oxygen atoms in total. The zero-order valence-electron chi connectivity index (χ0n) is 11.5. The largest absolute Gasteiger partial charge is 0.243 e. The van der Waals surface area contributed by atoms with Crippen LogP contribution in [0.5, 0.6) is 0 Å². The van der Waals surface area contributed by atoms with Crippen molar-refractivity contribution < 1.29 is 12.8 Å². The molecule has 0 N–H and O–H groups in total. The monoisotopic (exact) mass is 363 g/mol. The third-order valence-corrected chi connectivity index (χ3v) is 6.34. The minimum absolute atomic E-state index is 0.0344. The Bertz CT molecular complexity index is 569. The summed E-state index contributed by atoms with van der Waals surface area (Å²) in [7, 11) is -3.57. The van der Waals surface area contributed by atoms with E-state index in [9.17, 15) is 12.8 Å². The summed E-state index contributed by atoms with van der Waals surface area (Å²) in [5.74, 6) is 0.0695. The van der Waals surface area contributed by atoms with Gasteiger partial charge in [-0.15, -0.1) is 0 Å². The standard InChI is InChI=1S/C14H19BrFNO2S/c1-2-3-11-6-8-17(9-7-11)20(18,19)12-4-5-13(15)14(16)10-12/h4-5,10-11H,2-3,6-9H2,1H3. The second kappa shape index (κ2) is 6.54. The van der Waals surface area contributed by atoms with E-state index in [4.69, 9.17) is 0 Å². The van der Waals surface area contributed by atoms with Crippen LogP contribution < -0.4 is 0 Å². The van der Waals surface area contributed by atoms with E-state index in [0.717, 1.165) is 31.7 Å². The van der Waals surface area contributed by atoms with Crippen LogP contribution in [-0.4, -0.2) is 25.8 Å². The number of halogens is 2. The van der Waals surface area contributed by atoms with Crippen molar-refractivity contribution in [3.05, 3.63) is 28.5 Å². The van der Waals surface area contributed by atoms with Gasteiger partial charge in [-0.3, -0.25) is 0 Å². The predicted octanol–water partition coefficient (Wildman–Crippen LogP) is 3.79. The number of rotatable bonds is 4. The third-order valence-electron chi connectivity index (χ3n) is 3.80. The summed E-state index contributed by atoms with van der Waals surface area (Å²) in [5, 5.41) is 0. The Hall–Kier alpha value is -0.460. The summed E-state index contributed by atoms with van der Waals surface area (Å²) in [6.07, 6.45) is 4.08. The Labute approximate surface area is 128 Å². The van der Waals surface area contributed by atoms with Crippen LogP contribution >= 0.6 is 15.9 Å². The van der Waals surface area contributed by atoms with Gasteiger partial charge in [0.25, 0.3) is 0 Å². The van der Waals surface area contributed by atoms with Crippen LogP contribution in [0.2, 0.25) is 0 Å². The van der Waals surface area contributed by atoms with E-state index in [1.807, 2.05) is 0 Å². The highest BCUT2D eigenvalue weighted by Crippen LogP contribution is 2.27. The molecule has 0 atom stereocenters. The van der Waals surface area contributed by atoms with Crippen molar-refractivity contribution in [2.75, 3.05) is 13.1 Å². The maximum atomic E-state index is 13.5. The van der Waals surface area contributed by atoms with Crippen LogP contribution in [0.15, 0.2) is 27.6 Å². The molecule has 0 radical (unpaired) electrons. The Morgan fingerprint density at radius 3 is 2.55 bits per heavy atom. The molecule has 0 aliphatic carbocycles. The fraction of sp³-hybridized carbons (Fsp3) is 0.571. The Morgan fingerprint density at radius 2 is 2.00 bits per heavy atom. The van der Waals surface area contributed by atoms with Crippen molar-refractivity contribution in [2.24, 2.45) is 5.92 Å². The van der Waals surface area contributed by atoms with Crippen LogP contribution in [0.1, 0.15) is 32.6 Å². The molecule has 1 saturated heterocycles. The van der Waals surface area contributed by atoms with Gasteiger partial charge in [0, 0.05) is 13.1 Å². The zero-order chi connectivity index (χ0) is 14.8. The molecule has 0 amide bonds. The van der Waals surface area contributed by atoms with Gasteiger partial charge in [-0.25, -0.2) is 12.8 Å². The van der Waals surface area contributed by atoms with Gasteiger partial charge >= 0.3 is 0 Å². The highest BCUT2D eigenvalue weighted by molar-refractivity contribution is 9.10. The smallest absolute Gasteiger partial charge is 0.207 e. The summed E-state index contributed by atoms with van der Waals surface area (Å²) >= 11 is 3.03. The van der Waals surface area contributed by atoms with Gasteiger partial charge < -0.3 is 0 Å². The van der Waals surface area contributed by atoms with E-state index in [1.54, 1.807) is 0 Å². The van der Waals surface area contributed by atoms with Crippen LogP contribution in [0.25, 0.3) is 0 Å². The first-order valence-electron chi connectivity index (χ1n) is 6.90. The number of sulfonamides is 1. The number of benzene rings is 1. The molecule has 1 aromatic rings. The van der Waals surface area contributed by atoms with Crippen molar-refractivity contribution in [2.45, 2.75) is 37.5 Å². The van der Waals surface area contributed by atoms with E-state index in [-0.39, 0.29) is 9.37 Å². The van der Waals surface area contributed by atoms with Gasteiger partial charge in [-0.2, -0.15) is 4.31 Å². The molecule has 1 aliphatic rings. The number of hydrogen-bond donors (Lipinski definition) is 0. The molecule has 0 saturated carbocycles. The molecule has 1 fully saturated rings. The Morgan fingerprint density at radius 1 is 1.35 bits per heavy atom. The molecule has 20 heavy (non-hydrogen) atoms. The second-order valence-electron chi connectivity index (χ2n) is 5.21. The third kappa shape index (κ3) is 3.40. The van der Waals surface area contributed by atoms with E-state index >= 15 is 0 Å². The lowest BCUT2D eigenvalue weighted by Gasteiger charge is -2.31. The minimum atomic E-state index is -3.57. The summed E-state index contributed by atoms with van der Waals surface area (Å²) < 4.78 is 40.2. The quantitative estimate of drug-likeness (QED) is 0.815. The van der Waals surface area contributed by atoms with Crippen LogP contribution in [0, 0.1) is 11.7 Å². The van der Waals surface area contributed by atoms with Gasteiger partial charge in [0.15, 0.2) is 0 Å². The lowest BCUT2D eigenvalue weighted by atomic mass is 9.94. The average Bonchev–Trinajstić information content (AvgIpc) is 2.43. The van der Waals surface area contributed by atoms with Gasteiger partial charge in [0.1, 0.15) is 5.82 Å². The van der Waals surface area contributed by atoms with Crippen molar-refractivity contribution in [1.82, 2.24) is 4.31 Å². The molecule has 1 aromatic carbocycles. The number of piperidine rings is 1. The van der Waals surface area contributed by atoms with Crippen LogP contribution in [-0.2, 0) is 10.0 Å². The first-order chi connectivity index (χ1) is 9.45. The Kier molecular flexibility index (Phi) is 5.20. The molecule has 0 spiro atoms. The second-order valence-corrected chi connectivity index (χ2v) is 8.00. The van der Waals surface area contributed by atoms with Crippen molar-refractivity contribution in [3.63, 3.8) is 0 Å². The first-order valence-corrected chi connectivity index (χ1v) is 9.13. The molecule has 6 heteroatoms. The van der Waals surface area contributed by atoms with Crippen LogP contribution in [0.4, 0.5) is 4.39 Å². The fourth-order valence-corrected chi connectivity index (χ4v) is 4.36. The Balaban J connectivity index is 2.13. The number of nitrogens with zero attached hydrogens (tertiary/aromatic N) is 1. The summed E-state index contributed by atoms with van der Waals surface area (Å²) in [6, 6.07) is 3.96. The molecule has 0 aromatic heterocycles. The summed E-state index contributed by atoms with van der Waals surface area (Å²) in [4.78, 5) is 0.0344. The topological polar surface area (TPSA) is 37.4 Å². The fourth-order valence-electron chi connectivity index (χ4n) is 2.63. The average molecular weight is 364 g/mol. The van der Waals surface area contributed by atoms with Gasteiger partial charge in [-0.1, -0.05) is 19.8 Å². The van der Waals surface area contributed by atoms with Crippen molar-refractivity contribution >= 4 is 26.0 Å². The molecular formula is C14H19BrFNO2S. The first kappa shape index (κ1) is 15.9. The molecule has 0 unspecified atom stereocenters. The van der Waals surface area contributed by atoms with Gasteiger partial charge in [-0.05, 0) is 52.9 Å². The molecule has 0 bridgehead atoms. The molecule has 112 valence electrons. The van der Waals surface area contributed by atoms with Gasteiger partial charge in [0.2, 0.25) is 10.0 Å². The maximum absolute atomic E-state index is 13.5. The summed E-state index contributed by atoms with van der Waals surface area (Å²) in [5.41, 5.74) is 0. The normalized spacial score (nSPS) is 18.4. The lowest BCUT2D eigenvalue weighted by molar-refractivity contribution is 0.262. The van der Waals surface area contributed by atoms with E-state index in [0.29, 0.717) is 19.0 Å². The highest BCUT2D eigenvalue weighted by Gasteiger charge is 2.29. The van der Waals surface area contributed by atoms with Gasteiger partial charge in [0.05, 0.1) is 9.37 Å². The molecule has 2 rings (SSSR count). The maximum Gasteiger partial charge on any atom is 0.243 e. The van der Waals surface area contributed by atoms with E-state index < -0.39 is 15.8 Å². The molecule has 1 heterocycles. The lowest BCUT2D eigenvalue weighted by Crippen LogP contribution is -2.38. The highest BCUT2D eigenvalue weighted by atomic mass is 79.9. The SMILES string of the molecule is CCCC1CCN(S(=O)(=O)c2ccc(Br)c(F)c2)CC1. The van der Waals surface area contributed by atoms with Crippen molar-refractivity contribution in [1.29, 1.82) is 0 Å². The predicted molar refractivity (Wildman–Crippen MR) is 80.5 cm³/mol. The molecule has 1 aliphatic heterocycles. The van der Waals surface area contributed by atoms with E-state index in [1.165, 1.54) is 16.4 Å².